The highest BCUT2D eigenvalue weighted by molar-refractivity contribution is 5.66. The summed E-state index contributed by atoms with van der Waals surface area (Å²) in [6.07, 6.45) is 4.08. The monoisotopic (exact) mass is 259 g/mol. The van der Waals surface area contributed by atoms with Gasteiger partial charge in [-0.3, -0.25) is 4.68 Å². The van der Waals surface area contributed by atoms with Crippen molar-refractivity contribution in [2.45, 2.75) is 12.8 Å². The van der Waals surface area contributed by atoms with Gasteiger partial charge in [-0.2, -0.15) is 5.10 Å². The van der Waals surface area contributed by atoms with Crippen LogP contribution in [0.1, 0.15) is 12.1 Å². The normalized spacial score (nSPS) is 10.7. The number of methoxy groups -OCH3 is 1. The van der Waals surface area contributed by atoms with Gasteiger partial charge in [-0.1, -0.05) is 12.1 Å². The molecule has 1 N–H and O–H groups in total. The standard InChI is InChI=1S/C15H21N3O/c1-16-10-4-5-15-14(11-17-18(15)2)12-6-8-13(19-3)9-7-12/h6-9,11,16H,4-5,10H2,1-3H3. The molecule has 0 radical (unpaired) electrons. The quantitative estimate of drug-likeness (QED) is 0.809. The second-order valence-corrected chi connectivity index (χ2v) is 4.56. The molecule has 1 aromatic carbocycles. The molecule has 2 aromatic rings. The average molecular weight is 259 g/mol. The van der Waals surface area contributed by atoms with E-state index in [2.05, 4.69) is 22.5 Å². The number of ether oxygens (including phenoxy) is 1. The molecule has 0 fully saturated rings. The Balaban J connectivity index is 2.23. The van der Waals surface area contributed by atoms with Crippen LogP contribution in [0.4, 0.5) is 0 Å². The van der Waals surface area contributed by atoms with E-state index in [0.29, 0.717) is 0 Å². The van der Waals surface area contributed by atoms with Crippen LogP contribution >= 0.6 is 0 Å². The molecular formula is C15H21N3O. The van der Waals surface area contributed by atoms with E-state index in [1.807, 2.05) is 37.1 Å². The van der Waals surface area contributed by atoms with Crippen LogP contribution in [0.25, 0.3) is 11.1 Å². The fourth-order valence-electron chi connectivity index (χ4n) is 2.20. The summed E-state index contributed by atoms with van der Waals surface area (Å²) in [6, 6.07) is 8.13. The van der Waals surface area contributed by atoms with Gasteiger partial charge in [0.1, 0.15) is 5.75 Å². The largest absolute Gasteiger partial charge is 0.497 e. The van der Waals surface area contributed by atoms with Gasteiger partial charge in [0.15, 0.2) is 0 Å². The van der Waals surface area contributed by atoms with Crippen LogP contribution < -0.4 is 10.1 Å². The highest BCUT2D eigenvalue weighted by Crippen LogP contribution is 2.26. The summed E-state index contributed by atoms with van der Waals surface area (Å²) in [5.74, 6) is 0.879. The van der Waals surface area contributed by atoms with Crippen molar-refractivity contribution in [1.29, 1.82) is 0 Å². The van der Waals surface area contributed by atoms with Gasteiger partial charge in [0.25, 0.3) is 0 Å². The summed E-state index contributed by atoms with van der Waals surface area (Å²) in [7, 11) is 5.66. The average Bonchev–Trinajstić information content (AvgIpc) is 2.81. The van der Waals surface area contributed by atoms with Crippen molar-refractivity contribution in [2.24, 2.45) is 7.05 Å². The SMILES string of the molecule is CNCCCc1c(-c2ccc(OC)cc2)cnn1C. The van der Waals surface area contributed by atoms with Gasteiger partial charge in [0.05, 0.1) is 13.3 Å². The first-order valence-corrected chi connectivity index (χ1v) is 6.56. The summed E-state index contributed by atoms with van der Waals surface area (Å²) in [5.41, 5.74) is 3.68. The minimum atomic E-state index is 0.879. The molecule has 0 bridgehead atoms. The fourth-order valence-corrected chi connectivity index (χ4v) is 2.20. The lowest BCUT2D eigenvalue weighted by Crippen LogP contribution is -2.10. The Labute approximate surface area is 114 Å². The number of hydrogen-bond donors (Lipinski definition) is 1. The Hall–Kier alpha value is -1.81. The van der Waals surface area contributed by atoms with Crippen molar-refractivity contribution >= 4 is 0 Å². The Morgan fingerprint density at radius 3 is 2.63 bits per heavy atom. The maximum absolute atomic E-state index is 5.19. The number of rotatable bonds is 6. The summed E-state index contributed by atoms with van der Waals surface area (Å²) in [6.45, 7) is 1.02. The van der Waals surface area contributed by atoms with Gasteiger partial charge in [-0.05, 0) is 44.1 Å². The van der Waals surface area contributed by atoms with E-state index in [1.165, 1.54) is 16.8 Å². The maximum Gasteiger partial charge on any atom is 0.118 e. The van der Waals surface area contributed by atoms with Crippen molar-refractivity contribution in [3.63, 3.8) is 0 Å². The van der Waals surface area contributed by atoms with Crippen LogP contribution in [-0.4, -0.2) is 30.5 Å². The Bertz CT molecular complexity index is 517. The van der Waals surface area contributed by atoms with Crippen LogP contribution in [0.2, 0.25) is 0 Å². The lowest BCUT2D eigenvalue weighted by atomic mass is 10.0. The third-order valence-electron chi connectivity index (χ3n) is 3.30. The van der Waals surface area contributed by atoms with Crippen LogP contribution in [0.15, 0.2) is 30.5 Å². The second-order valence-electron chi connectivity index (χ2n) is 4.56. The molecule has 0 saturated heterocycles. The van der Waals surface area contributed by atoms with E-state index in [4.69, 9.17) is 4.74 Å². The first-order valence-electron chi connectivity index (χ1n) is 6.56. The van der Waals surface area contributed by atoms with Crippen molar-refractivity contribution < 1.29 is 4.74 Å². The topological polar surface area (TPSA) is 39.1 Å². The Kier molecular flexibility index (Phi) is 4.58. The second kappa shape index (κ2) is 6.38. The molecule has 0 amide bonds. The lowest BCUT2D eigenvalue weighted by Gasteiger charge is -2.07. The number of aryl methyl sites for hydroxylation is 1. The third kappa shape index (κ3) is 3.15. The van der Waals surface area contributed by atoms with Crippen molar-refractivity contribution in [2.75, 3.05) is 20.7 Å². The number of hydrogen-bond acceptors (Lipinski definition) is 3. The fraction of sp³-hybridized carbons (Fsp3) is 0.400. The smallest absolute Gasteiger partial charge is 0.118 e. The predicted octanol–water partition coefficient (Wildman–Crippen LogP) is 2.25. The summed E-state index contributed by atoms with van der Waals surface area (Å²) in [4.78, 5) is 0. The third-order valence-corrected chi connectivity index (χ3v) is 3.30. The van der Waals surface area contributed by atoms with Gasteiger partial charge < -0.3 is 10.1 Å². The molecular weight excluding hydrogens is 238 g/mol. The number of aromatic nitrogens is 2. The van der Waals surface area contributed by atoms with Crippen LogP contribution in [0, 0.1) is 0 Å². The van der Waals surface area contributed by atoms with Crippen LogP contribution in [0.3, 0.4) is 0 Å². The van der Waals surface area contributed by atoms with Crippen molar-refractivity contribution in [3.8, 4) is 16.9 Å². The first kappa shape index (κ1) is 13.6. The molecule has 1 aromatic heterocycles. The van der Waals surface area contributed by atoms with Crippen LogP contribution in [0.5, 0.6) is 5.75 Å². The van der Waals surface area contributed by atoms with Gasteiger partial charge in [-0.25, -0.2) is 0 Å². The molecule has 1 heterocycles. The molecule has 4 heteroatoms. The molecule has 0 spiro atoms. The zero-order valence-corrected chi connectivity index (χ0v) is 11.8. The molecule has 4 nitrogen and oxygen atoms in total. The number of nitrogens with one attached hydrogen (secondary N) is 1. The molecule has 19 heavy (non-hydrogen) atoms. The molecule has 0 aliphatic heterocycles. The number of nitrogens with zero attached hydrogens (tertiary/aromatic N) is 2. The molecule has 0 unspecified atom stereocenters. The van der Waals surface area contributed by atoms with E-state index >= 15 is 0 Å². The maximum atomic E-state index is 5.19. The number of benzene rings is 1. The van der Waals surface area contributed by atoms with Gasteiger partial charge in [-0.15, -0.1) is 0 Å². The van der Waals surface area contributed by atoms with E-state index in [9.17, 15) is 0 Å². The molecule has 2 rings (SSSR count). The van der Waals surface area contributed by atoms with Crippen LogP contribution in [-0.2, 0) is 13.5 Å². The molecule has 0 atom stereocenters. The van der Waals surface area contributed by atoms with Gasteiger partial charge in [0, 0.05) is 18.3 Å². The van der Waals surface area contributed by atoms with Gasteiger partial charge >= 0.3 is 0 Å². The predicted molar refractivity (Wildman–Crippen MR) is 77.4 cm³/mol. The first-order chi connectivity index (χ1) is 9.26. The Morgan fingerprint density at radius 1 is 1.26 bits per heavy atom. The zero-order valence-electron chi connectivity index (χ0n) is 11.8. The van der Waals surface area contributed by atoms with Gasteiger partial charge in [0.2, 0.25) is 0 Å². The zero-order chi connectivity index (χ0) is 13.7. The van der Waals surface area contributed by atoms with E-state index in [0.717, 1.165) is 25.1 Å². The minimum Gasteiger partial charge on any atom is -0.497 e. The lowest BCUT2D eigenvalue weighted by molar-refractivity contribution is 0.415. The summed E-state index contributed by atoms with van der Waals surface area (Å²) >= 11 is 0. The van der Waals surface area contributed by atoms with Crippen molar-refractivity contribution in [1.82, 2.24) is 15.1 Å². The highest BCUT2D eigenvalue weighted by atomic mass is 16.5. The van der Waals surface area contributed by atoms with E-state index < -0.39 is 0 Å². The molecule has 102 valence electrons. The van der Waals surface area contributed by atoms with E-state index in [-0.39, 0.29) is 0 Å². The summed E-state index contributed by atoms with van der Waals surface area (Å²) in [5, 5.41) is 7.56. The van der Waals surface area contributed by atoms with Crippen molar-refractivity contribution in [3.05, 3.63) is 36.2 Å². The molecule has 0 aliphatic carbocycles. The minimum absolute atomic E-state index is 0.879. The van der Waals surface area contributed by atoms with E-state index in [1.54, 1.807) is 7.11 Å². The Morgan fingerprint density at radius 2 is 2.00 bits per heavy atom. The molecule has 0 aliphatic rings. The molecule has 0 saturated carbocycles. The summed E-state index contributed by atoms with van der Waals surface area (Å²) < 4.78 is 7.16. The highest BCUT2D eigenvalue weighted by Gasteiger charge is 2.10.